The van der Waals surface area contributed by atoms with E-state index in [-0.39, 0.29) is 29.3 Å². The maximum absolute atomic E-state index is 13.4. The van der Waals surface area contributed by atoms with Crippen molar-refractivity contribution in [3.63, 3.8) is 0 Å². The number of aliphatic imine (C=N–C) groups is 1. The molecule has 0 saturated heterocycles. The first-order chi connectivity index (χ1) is 16.9. The number of amides is 1. The predicted octanol–water partition coefficient (Wildman–Crippen LogP) is 5.46. The highest BCUT2D eigenvalue weighted by molar-refractivity contribution is 7.80. The molecule has 200 valence electrons. The fourth-order valence-electron chi connectivity index (χ4n) is 3.81. The van der Waals surface area contributed by atoms with Crippen molar-refractivity contribution in [3.05, 3.63) is 35.6 Å². The van der Waals surface area contributed by atoms with Gasteiger partial charge in [-0.2, -0.15) is 25.3 Å². The number of ketones is 1. The molecule has 5 nitrogen and oxygen atoms in total. The molecule has 35 heavy (non-hydrogen) atoms. The molecule has 0 spiro atoms. The third-order valence-corrected chi connectivity index (χ3v) is 6.23. The van der Waals surface area contributed by atoms with Crippen molar-refractivity contribution in [3.8, 4) is 0 Å². The molecule has 0 aliphatic heterocycles. The van der Waals surface area contributed by atoms with E-state index in [0.717, 1.165) is 37.2 Å². The maximum atomic E-state index is 13.4. The van der Waals surface area contributed by atoms with Crippen molar-refractivity contribution < 1.29 is 14.0 Å². The molecule has 0 saturated carbocycles. The zero-order valence-electron chi connectivity index (χ0n) is 22.2. The van der Waals surface area contributed by atoms with Crippen molar-refractivity contribution in [2.75, 3.05) is 44.2 Å². The number of carbonyl (C=O) groups is 2. The topological polar surface area (TPSA) is 61.8 Å². The normalized spacial score (nSPS) is 13.1. The van der Waals surface area contributed by atoms with Crippen LogP contribution in [0.25, 0.3) is 0 Å². The van der Waals surface area contributed by atoms with E-state index in [1.165, 1.54) is 12.1 Å². The largest absolute Gasteiger partial charge is 0.354 e. The Kier molecular flexibility index (Phi) is 20.0. The van der Waals surface area contributed by atoms with Gasteiger partial charge in [0.25, 0.3) is 0 Å². The van der Waals surface area contributed by atoms with E-state index in [1.54, 1.807) is 12.1 Å². The minimum Gasteiger partial charge on any atom is -0.354 e. The minimum absolute atomic E-state index is 0.000278. The van der Waals surface area contributed by atoms with E-state index in [4.69, 9.17) is 4.99 Å². The Morgan fingerprint density at radius 3 is 2.26 bits per heavy atom. The van der Waals surface area contributed by atoms with Crippen LogP contribution in [0.1, 0.15) is 71.8 Å². The number of nitrogens with zero attached hydrogens (tertiary/aromatic N) is 2. The van der Waals surface area contributed by atoms with Gasteiger partial charge in [0, 0.05) is 55.7 Å². The molecule has 1 aromatic rings. The molecule has 1 aromatic carbocycles. The Morgan fingerprint density at radius 2 is 1.71 bits per heavy atom. The summed E-state index contributed by atoms with van der Waals surface area (Å²) in [4.78, 5) is 31.4. The van der Waals surface area contributed by atoms with Gasteiger partial charge in [-0.3, -0.25) is 19.5 Å². The molecule has 0 radical (unpaired) electrons. The van der Waals surface area contributed by atoms with E-state index in [0.29, 0.717) is 44.0 Å². The van der Waals surface area contributed by atoms with Crippen LogP contribution in [0.2, 0.25) is 0 Å². The average molecular weight is 528 g/mol. The number of Topliss-reactive ketones (excluding diaryl/α,β-unsaturated/α-hetero) is 1. The first-order valence-corrected chi connectivity index (χ1v) is 14.1. The fourth-order valence-corrected chi connectivity index (χ4v) is 4.21. The highest BCUT2D eigenvalue weighted by atomic mass is 32.1. The van der Waals surface area contributed by atoms with E-state index in [9.17, 15) is 14.0 Å². The number of thiol groups is 2. The van der Waals surface area contributed by atoms with Gasteiger partial charge in [0.05, 0.1) is 6.54 Å². The highest BCUT2D eigenvalue weighted by Gasteiger charge is 2.25. The van der Waals surface area contributed by atoms with E-state index >= 15 is 0 Å². The van der Waals surface area contributed by atoms with Gasteiger partial charge in [0.1, 0.15) is 11.6 Å². The van der Waals surface area contributed by atoms with Crippen LogP contribution in [-0.2, 0) is 9.59 Å². The van der Waals surface area contributed by atoms with Gasteiger partial charge < -0.3 is 5.32 Å². The number of hydrogen-bond acceptors (Lipinski definition) is 6. The monoisotopic (exact) mass is 527 g/mol. The summed E-state index contributed by atoms with van der Waals surface area (Å²) in [5, 5.41) is 2.84. The van der Waals surface area contributed by atoms with Crippen LogP contribution < -0.4 is 5.32 Å². The van der Waals surface area contributed by atoms with Crippen molar-refractivity contribution in [1.82, 2.24) is 10.2 Å². The fraction of sp³-hybridized carbons (Fsp3) is 0.667. The lowest BCUT2D eigenvalue weighted by molar-refractivity contribution is -0.123. The first-order valence-electron chi connectivity index (χ1n) is 12.9. The van der Waals surface area contributed by atoms with E-state index in [1.807, 2.05) is 27.7 Å². The number of nitrogens with one attached hydrogen (secondary N) is 1. The van der Waals surface area contributed by atoms with E-state index in [2.05, 4.69) is 42.4 Å². The van der Waals surface area contributed by atoms with Gasteiger partial charge in [-0.25, -0.2) is 4.39 Å². The van der Waals surface area contributed by atoms with Gasteiger partial charge in [-0.15, -0.1) is 0 Å². The second-order valence-corrected chi connectivity index (χ2v) is 9.09. The quantitative estimate of drug-likeness (QED) is 0.143. The molecule has 1 rings (SSSR count). The minimum atomic E-state index is -0.276. The molecule has 0 aromatic heterocycles. The maximum Gasteiger partial charge on any atom is 0.234 e. The number of carbonyl (C=O) groups excluding carboxylic acids is 2. The number of benzene rings is 1. The van der Waals surface area contributed by atoms with Crippen LogP contribution in [0.5, 0.6) is 0 Å². The van der Waals surface area contributed by atoms with Crippen LogP contribution in [-0.4, -0.2) is 66.5 Å². The molecule has 2 unspecified atom stereocenters. The second kappa shape index (κ2) is 20.8. The summed E-state index contributed by atoms with van der Waals surface area (Å²) in [5.74, 6) is 1.06. The molecular formula is C27H46FN3O2S2. The SMILES string of the molecule is CC.CCC(=O)C(C)C(CC(CC)=NCCCN(CCS)CC(=O)NCCS)c1ccc(F)cc1. The van der Waals surface area contributed by atoms with Crippen LogP contribution in [0.4, 0.5) is 4.39 Å². The van der Waals surface area contributed by atoms with Gasteiger partial charge in [-0.05, 0) is 42.9 Å². The molecular weight excluding hydrogens is 481 g/mol. The molecule has 0 fully saturated rings. The summed E-state index contributed by atoms with van der Waals surface area (Å²) < 4.78 is 13.4. The van der Waals surface area contributed by atoms with Crippen LogP contribution in [0.15, 0.2) is 29.3 Å². The Hall–Kier alpha value is -1.38. The molecule has 1 N–H and O–H groups in total. The molecule has 1 amide bonds. The number of rotatable bonds is 17. The molecule has 2 atom stereocenters. The highest BCUT2D eigenvalue weighted by Crippen LogP contribution is 2.31. The number of hydrogen-bond donors (Lipinski definition) is 3. The third kappa shape index (κ3) is 14.1. The summed E-state index contributed by atoms with van der Waals surface area (Å²) in [7, 11) is 0. The second-order valence-electron chi connectivity index (χ2n) is 8.20. The standard InChI is InChI=1S/C25H40FN3O2S2.C2H6/c1-4-22(27-11-6-13-29(14-16-33)18-25(31)28-12-15-32)17-23(19(3)24(30)5-2)20-7-9-21(26)10-8-20;1-2/h7-10,19,23,32-33H,4-6,11-18H2,1-3H3,(H,28,31);1-2H3. The van der Waals surface area contributed by atoms with Gasteiger partial charge >= 0.3 is 0 Å². The van der Waals surface area contributed by atoms with Crippen molar-refractivity contribution >= 4 is 42.7 Å². The smallest absolute Gasteiger partial charge is 0.234 e. The summed E-state index contributed by atoms with van der Waals surface area (Å²) in [6, 6.07) is 6.47. The summed E-state index contributed by atoms with van der Waals surface area (Å²) in [6.45, 7) is 13.0. The average Bonchev–Trinajstić information content (AvgIpc) is 2.88. The van der Waals surface area contributed by atoms with Crippen LogP contribution >= 0.6 is 25.3 Å². The molecule has 0 heterocycles. The predicted molar refractivity (Wildman–Crippen MR) is 154 cm³/mol. The van der Waals surface area contributed by atoms with Crippen LogP contribution in [0, 0.1) is 11.7 Å². The Bertz CT molecular complexity index is 744. The lowest BCUT2D eigenvalue weighted by Crippen LogP contribution is -2.39. The Morgan fingerprint density at radius 1 is 1.06 bits per heavy atom. The van der Waals surface area contributed by atoms with Crippen molar-refractivity contribution in [2.45, 2.75) is 66.2 Å². The first kappa shape index (κ1) is 33.6. The summed E-state index contributed by atoms with van der Waals surface area (Å²) in [5.41, 5.74) is 2.03. The van der Waals surface area contributed by atoms with Crippen molar-refractivity contribution in [1.29, 1.82) is 0 Å². The van der Waals surface area contributed by atoms with Crippen LogP contribution in [0.3, 0.4) is 0 Å². The molecule has 8 heteroatoms. The van der Waals surface area contributed by atoms with E-state index < -0.39 is 0 Å². The summed E-state index contributed by atoms with van der Waals surface area (Å²) >= 11 is 8.42. The Labute approximate surface area is 223 Å². The number of halogens is 1. The zero-order chi connectivity index (χ0) is 26.6. The lowest BCUT2D eigenvalue weighted by Gasteiger charge is -2.24. The van der Waals surface area contributed by atoms with Gasteiger partial charge in [0.15, 0.2) is 0 Å². The van der Waals surface area contributed by atoms with Gasteiger partial charge in [-0.1, -0.05) is 46.8 Å². The van der Waals surface area contributed by atoms with Gasteiger partial charge in [0.2, 0.25) is 5.91 Å². The lowest BCUT2D eigenvalue weighted by atomic mass is 9.80. The molecule has 0 aliphatic rings. The molecule has 0 bridgehead atoms. The Balaban J connectivity index is 0.00000562. The van der Waals surface area contributed by atoms with Crippen molar-refractivity contribution in [2.24, 2.45) is 10.9 Å². The zero-order valence-corrected chi connectivity index (χ0v) is 24.0. The molecule has 0 aliphatic carbocycles. The third-order valence-electron chi connectivity index (χ3n) is 5.81. The summed E-state index contributed by atoms with van der Waals surface area (Å²) in [6.07, 6.45) is 2.81.